The number of rotatable bonds is 4. The number of aromatic carboxylic acids is 1. The van der Waals surface area contributed by atoms with Gasteiger partial charge in [0, 0.05) is 12.1 Å². The average molecular weight is 308 g/mol. The van der Waals surface area contributed by atoms with Gasteiger partial charge in [0.05, 0.1) is 10.5 Å². The van der Waals surface area contributed by atoms with Crippen molar-refractivity contribution in [3.05, 3.63) is 62.7 Å². The Morgan fingerprint density at radius 1 is 1.29 bits per heavy atom. The summed E-state index contributed by atoms with van der Waals surface area (Å²) in [5.74, 6) is -0.433. The van der Waals surface area contributed by atoms with Gasteiger partial charge in [0.25, 0.3) is 5.69 Å². The van der Waals surface area contributed by atoms with Gasteiger partial charge in [-0.05, 0) is 30.7 Å². The van der Waals surface area contributed by atoms with Gasteiger partial charge in [-0.15, -0.1) is 0 Å². The first-order chi connectivity index (χ1) is 9.88. The second-order valence-electron chi connectivity index (χ2n) is 4.26. The molecule has 0 amide bonds. The van der Waals surface area contributed by atoms with Crippen molar-refractivity contribution in [3.63, 3.8) is 0 Å². The number of carbonyl (C=O) groups is 1. The third-order valence-corrected chi connectivity index (χ3v) is 3.08. The van der Waals surface area contributed by atoms with E-state index in [0.717, 1.165) is 5.56 Å². The van der Waals surface area contributed by atoms with Crippen molar-refractivity contribution in [1.82, 2.24) is 0 Å². The molecule has 0 heterocycles. The van der Waals surface area contributed by atoms with Gasteiger partial charge in [0.15, 0.2) is 0 Å². The Kier molecular flexibility index (Phi) is 4.09. The lowest BCUT2D eigenvalue weighted by molar-refractivity contribution is -0.384. The molecule has 2 rings (SSSR count). The van der Waals surface area contributed by atoms with E-state index in [1.165, 1.54) is 30.3 Å². The summed E-state index contributed by atoms with van der Waals surface area (Å²) in [6.45, 7) is 1.76. The lowest BCUT2D eigenvalue weighted by Crippen LogP contribution is -1.98. The van der Waals surface area contributed by atoms with E-state index in [9.17, 15) is 14.9 Å². The topological polar surface area (TPSA) is 89.7 Å². The van der Waals surface area contributed by atoms with Crippen LogP contribution in [0.2, 0.25) is 5.02 Å². The Morgan fingerprint density at radius 2 is 2.00 bits per heavy atom. The van der Waals surface area contributed by atoms with Gasteiger partial charge in [-0.1, -0.05) is 17.7 Å². The van der Waals surface area contributed by atoms with Crippen LogP contribution in [0.4, 0.5) is 5.69 Å². The molecule has 0 bridgehead atoms. The summed E-state index contributed by atoms with van der Waals surface area (Å²) >= 11 is 5.80. The lowest BCUT2D eigenvalue weighted by Gasteiger charge is -2.09. The molecular weight excluding hydrogens is 298 g/mol. The van der Waals surface area contributed by atoms with E-state index in [0.29, 0.717) is 5.75 Å². The largest absolute Gasteiger partial charge is 0.478 e. The van der Waals surface area contributed by atoms with Crippen molar-refractivity contribution < 1.29 is 19.6 Å². The zero-order valence-corrected chi connectivity index (χ0v) is 11.6. The summed E-state index contributed by atoms with van der Waals surface area (Å²) in [6, 6.07) is 8.41. The molecule has 0 radical (unpaired) electrons. The lowest BCUT2D eigenvalue weighted by atomic mass is 10.1. The van der Waals surface area contributed by atoms with Crippen molar-refractivity contribution >= 4 is 23.3 Å². The molecule has 2 aromatic carbocycles. The van der Waals surface area contributed by atoms with Gasteiger partial charge in [-0.25, -0.2) is 4.79 Å². The van der Waals surface area contributed by atoms with E-state index < -0.39 is 10.9 Å². The Labute approximate surface area is 124 Å². The van der Waals surface area contributed by atoms with Crippen LogP contribution in [0.3, 0.4) is 0 Å². The van der Waals surface area contributed by atoms with E-state index >= 15 is 0 Å². The van der Waals surface area contributed by atoms with Gasteiger partial charge >= 0.3 is 5.97 Å². The molecule has 6 nitrogen and oxygen atoms in total. The Morgan fingerprint density at radius 3 is 2.57 bits per heavy atom. The van der Waals surface area contributed by atoms with E-state index in [4.69, 9.17) is 21.4 Å². The number of ether oxygens (including phenoxy) is 1. The molecule has 0 aliphatic rings. The maximum atomic E-state index is 10.9. The smallest absolute Gasteiger partial charge is 0.335 e. The Bertz CT molecular complexity index is 729. The molecule has 0 aliphatic carbocycles. The molecule has 0 saturated heterocycles. The number of halogens is 1. The number of nitrogens with zero attached hydrogens (tertiary/aromatic N) is 1. The highest BCUT2D eigenvalue weighted by atomic mass is 35.5. The minimum Gasteiger partial charge on any atom is -0.478 e. The summed E-state index contributed by atoms with van der Waals surface area (Å²) < 4.78 is 5.55. The van der Waals surface area contributed by atoms with Crippen molar-refractivity contribution in [3.8, 4) is 11.5 Å². The first-order valence-electron chi connectivity index (χ1n) is 5.84. The minimum atomic E-state index is -1.07. The third kappa shape index (κ3) is 3.29. The van der Waals surface area contributed by atoms with Crippen LogP contribution in [0.5, 0.6) is 11.5 Å². The van der Waals surface area contributed by atoms with Crippen molar-refractivity contribution in [2.75, 3.05) is 0 Å². The highest BCUT2D eigenvalue weighted by molar-refractivity contribution is 6.32. The predicted octanol–water partition coefficient (Wildman–Crippen LogP) is 4.05. The van der Waals surface area contributed by atoms with Gasteiger partial charge < -0.3 is 9.84 Å². The van der Waals surface area contributed by atoms with Crippen molar-refractivity contribution in [2.24, 2.45) is 0 Å². The predicted molar refractivity (Wildman–Crippen MR) is 76.3 cm³/mol. The number of hydrogen-bond acceptors (Lipinski definition) is 4. The maximum absolute atomic E-state index is 10.9. The summed E-state index contributed by atoms with van der Waals surface area (Å²) in [7, 11) is 0. The number of aryl methyl sites for hydroxylation is 1. The molecule has 21 heavy (non-hydrogen) atoms. The molecule has 0 saturated carbocycles. The first-order valence-corrected chi connectivity index (χ1v) is 6.22. The number of carboxylic acids is 1. The van der Waals surface area contributed by atoms with Crippen LogP contribution >= 0.6 is 11.6 Å². The number of nitro groups is 1. The highest BCUT2D eigenvalue weighted by Crippen LogP contribution is 2.32. The molecule has 0 spiro atoms. The van der Waals surface area contributed by atoms with E-state index in [1.807, 2.05) is 0 Å². The maximum Gasteiger partial charge on any atom is 0.335 e. The summed E-state index contributed by atoms with van der Waals surface area (Å²) in [5, 5.41) is 19.6. The summed E-state index contributed by atoms with van der Waals surface area (Å²) in [5.41, 5.74) is 0.595. The van der Waals surface area contributed by atoms with Crippen LogP contribution in [0, 0.1) is 17.0 Å². The molecule has 108 valence electrons. The second kappa shape index (κ2) is 5.80. The molecule has 1 N–H and O–H groups in total. The van der Waals surface area contributed by atoms with E-state index in [1.54, 1.807) is 13.0 Å². The molecule has 0 unspecified atom stereocenters. The van der Waals surface area contributed by atoms with Gasteiger partial charge in [0.2, 0.25) is 0 Å². The van der Waals surface area contributed by atoms with Crippen LogP contribution in [-0.4, -0.2) is 16.0 Å². The van der Waals surface area contributed by atoms with E-state index in [2.05, 4.69) is 0 Å². The van der Waals surface area contributed by atoms with Crippen LogP contribution in [0.1, 0.15) is 15.9 Å². The summed E-state index contributed by atoms with van der Waals surface area (Å²) in [4.78, 5) is 21.0. The molecule has 0 atom stereocenters. The number of nitro benzene ring substituents is 1. The average Bonchev–Trinajstić information content (AvgIpc) is 2.40. The normalized spacial score (nSPS) is 10.2. The number of benzene rings is 2. The third-order valence-electron chi connectivity index (χ3n) is 2.78. The fourth-order valence-corrected chi connectivity index (χ4v) is 1.91. The first kappa shape index (κ1) is 14.8. The minimum absolute atomic E-state index is 0.0513. The molecular formula is C14H10ClNO5. The van der Waals surface area contributed by atoms with Gasteiger partial charge in [0.1, 0.15) is 16.5 Å². The SMILES string of the molecule is Cc1ccc(C(=O)O)cc1Oc1ccc([N+](=O)[O-])c(Cl)c1. The van der Waals surface area contributed by atoms with Crippen molar-refractivity contribution in [1.29, 1.82) is 0 Å². The highest BCUT2D eigenvalue weighted by Gasteiger charge is 2.14. The van der Waals surface area contributed by atoms with Crippen molar-refractivity contribution in [2.45, 2.75) is 6.92 Å². The molecule has 2 aromatic rings. The molecule has 0 fully saturated rings. The zero-order valence-electron chi connectivity index (χ0n) is 10.9. The Hall–Kier alpha value is -2.60. The monoisotopic (exact) mass is 307 g/mol. The number of hydrogen-bond donors (Lipinski definition) is 1. The fraction of sp³-hybridized carbons (Fsp3) is 0.0714. The van der Waals surface area contributed by atoms with E-state index in [-0.39, 0.29) is 22.0 Å². The fourth-order valence-electron chi connectivity index (χ4n) is 1.67. The molecule has 7 heteroatoms. The van der Waals surface area contributed by atoms with Crippen LogP contribution in [0.25, 0.3) is 0 Å². The van der Waals surface area contributed by atoms with Gasteiger partial charge in [-0.3, -0.25) is 10.1 Å². The Balaban J connectivity index is 2.34. The second-order valence-corrected chi connectivity index (χ2v) is 4.67. The zero-order chi connectivity index (χ0) is 15.6. The van der Waals surface area contributed by atoms with Gasteiger partial charge in [-0.2, -0.15) is 0 Å². The molecule has 0 aliphatic heterocycles. The standard InChI is InChI=1S/C14H10ClNO5/c1-8-2-3-9(14(17)18)6-13(8)21-10-4-5-12(16(19)20)11(15)7-10/h2-7H,1H3,(H,17,18). The quantitative estimate of drug-likeness (QED) is 0.680. The van der Waals surface area contributed by atoms with Crippen LogP contribution < -0.4 is 4.74 Å². The van der Waals surface area contributed by atoms with Crippen LogP contribution in [-0.2, 0) is 0 Å². The summed E-state index contributed by atoms with van der Waals surface area (Å²) in [6.07, 6.45) is 0. The number of carboxylic acid groups (broad SMARTS) is 1. The molecule has 0 aromatic heterocycles. The van der Waals surface area contributed by atoms with Crippen LogP contribution in [0.15, 0.2) is 36.4 Å².